The maximum absolute atomic E-state index is 10.3. The molecule has 0 saturated heterocycles. The van der Waals surface area contributed by atoms with E-state index in [2.05, 4.69) is 15.1 Å². The normalized spacial score (nSPS) is 11.5. The number of carboxylic acids is 1. The molecule has 0 aromatic carbocycles. The number of nitrogens with one attached hydrogen (secondary N) is 1. The fourth-order valence-corrected chi connectivity index (χ4v) is 0.597. The van der Waals surface area contributed by atoms with Crippen LogP contribution in [0, 0.1) is 0 Å². The van der Waals surface area contributed by atoms with Crippen molar-refractivity contribution in [2.75, 3.05) is 0 Å². The Labute approximate surface area is 61.2 Å². The van der Waals surface area contributed by atoms with E-state index in [0.717, 1.165) is 0 Å². The quantitative estimate of drug-likeness (QED) is 0.309. The van der Waals surface area contributed by atoms with Crippen molar-refractivity contribution >= 4 is 11.7 Å². The van der Waals surface area contributed by atoms with E-state index in [9.17, 15) is 4.79 Å². The van der Waals surface area contributed by atoms with Crippen LogP contribution in [0.4, 0.5) is 0 Å². The molecule has 0 aliphatic carbocycles. The van der Waals surface area contributed by atoms with Crippen molar-refractivity contribution in [1.29, 1.82) is 0 Å². The van der Waals surface area contributed by atoms with Crippen LogP contribution in [0.5, 0.6) is 0 Å². The number of imidazole rings is 1. The molecule has 58 valence electrons. The average Bonchev–Trinajstić information content (AvgIpc) is 2.40. The van der Waals surface area contributed by atoms with Crippen molar-refractivity contribution < 1.29 is 15.1 Å². The third kappa shape index (κ3) is 1.34. The topological polar surface area (TPSA) is 98.6 Å². The minimum atomic E-state index is -1.31. The summed E-state index contributed by atoms with van der Waals surface area (Å²) < 4.78 is 0. The third-order valence-corrected chi connectivity index (χ3v) is 1.06. The Balaban J connectivity index is 2.99. The molecule has 0 fully saturated rings. The predicted octanol–water partition coefficient (Wildman–Crippen LogP) is -0.327. The van der Waals surface area contributed by atoms with E-state index < -0.39 is 11.7 Å². The average molecular weight is 155 g/mol. The molecule has 6 heteroatoms. The van der Waals surface area contributed by atoms with Crippen molar-refractivity contribution in [3.8, 4) is 0 Å². The summed E-state index contributed by atoms with van der Waals surface area (Å²) in [4.78, 5) is 16.3. The first-order valence-corrected chi connectivity index (χ1v) is 2.70. The first kappa shape index (κ1) is 7.26. The lowest BCUT2D eigenvalue weighted by Crippen LogP contribution is -2.14. The monoisotopic (exact) mass is 155 g/mol. The molecule has 0 atom stereocenters. The van der Waals surface area contributed by atoms with Crippen LogP contribution in [-0.2, 0) is 4.79 Å². The number of oxime groups is 1. The highest BCUT2D eigenvalue weighted by Crippen LogP contribution is 1.94. The van der Waals surface area contributed by atoms with Gasteiger partial charge in [-0.3, -0.25) is 0 Å². The fourth-order valence-electron chi connectivity index (χ4n) is 0.597. The largest absolute Gasteiger partial charge is 0.476 e. The number of rotatable bonds is 2. The number of aliphatic carboxylic acids is 1. The second kappa shape index (κ2) is 2.82. The van der Waals surface area contributed by atoms with E-state index in [0.29, 0.717) is 0 Å². The molecule has 1 rings (SSSR count). The maximum Gasteiger partial charge on any atom is 0.360 e. The molecule has 0 amide bonds. The summed E-state index contributed by atoms with van der Waals surface area (Å²) in [7, 11) is 0. The van der Waals surface area contributed by atoms with Crippen LogP contribution in [0.3, 0.4) is 0 Å². The summed E-state index contributed by atoms with van der Waals surface area (Å²) in [6.07, 6.45) is 2.55. The van der Waals surface area contributed by atoms with E-state index in [1.807, 2.05) is 0 Å². The standard InChI is InChI=1S/C5H5N3O3/c9-5(10)4(8-11)3-1-6-2-7-3/h1-2,11H,(H,6,7)(H,9,10)/b8-4-. The maximum atomic E-state index is 10.3. The van der Waals surface area contributed by atoms with Gasteiger partial charge in [-0.05, 0) is 0 Å². The van der Waals surface area contributed by atoms with Crippen LogP contribution >= 0.6 is 0 Å². The molecular weight excluding hydrogens is 150 g/mol. The zero-order valence-corrected chi connectivity index (χ0v) is 5.35. The van der Waals surface area contributed by atoms with Crippen LogP contribution < -0.4 is 0 Å². The van der Waals surface area contributed by atoms with E-state index in [1.165, 1.54) is 12.5 Å². The van der Waals surface area contributed by atoms with Gasteiger partial charge in [0.15, 0.2) is 0 Å². The first-order chi connectivity index (χ1) is 5.25. The molecule has 3 N–H and O–H groups in total. The van der Waals surface area contributed by atoms with Crippen LogP contribution in [0.2, 0.25) is 0 Å². The smallest absolute Gasteiger partial charge is 0.360 e. The van der Waals surface area contributed by atoms with Gasteiger partial charge in [-0.25, -0.2) is 9.78 Å². The Morgan fingerprint density at radius 3 is 2.82 bits per heavy atom. The summed E-state index contributed by atoms with van der Waals surface area (Å²) in [6, 6.07) is 0. The Morgan fingerprint density at radius 1 is 1.73 bits per heavy atom. The number of hydrogen-bond donors (Lipinski definition) is 3. The van der Waals surface area contributed by atoms with E-state index in [-0.39, 0.29) is 5.69 Å². The van der Waals surface area contributed by atoms with Crippen molar-refractivity contribution in [3.63, 3.8) is 0 Å². The van der Waals surface area contributed by atoms with Crippen LogP contribution in [0.1, 0.15) is 5.69 Å². The minimum absolute atomic E-state index is 0.167. The molecule has 1 heterocycles. The highest BCUT2D eigenvalue weighted by atomic mass is 16.4. The van der Waals surface area contributed by atoms with E-state index >= 15 is 0 Å². The molecule has 1 aromatic rings. The lowest BCUT2D eigenvalue weighted by atomic mass is 10.3. The van der Waals surface area contributed by atoms with Crippen LogP contribution in [0.25, 0.3) is 0 Å². The lowest BCUT2D eigenvalue weighted by molar-refractivity contribution is -0.129. The molecule has 0 bridgehead atoms. The van der Waals surface area contributed by atoms with E-state index in [1.54, 1.807) is 0 Å². The molecule has 0 saturated carbocycles. The highest BCUT2D eigenvalue weighted by molar-refractivity contribution is 6.41. The predicted molar refractivity (Wildman–Crippen MR) is 34.5 cm³/mol. The van der Waals surface area contributed by atoms with Crippen molar-refractivity contribution in [3.05, 3.63) is 18.2 Å². The van der Waals surface area contributed by atoms with Crippen LogP contribution in [0.15, 0.2) is 17.7 Å². The number of H-pyrrole nitrogens is 1. The van der Waals surface area contributed by atoms with Gasteiger partial charge in [-0.15, -0.1) is 0 Å². The molecule has 0 spiro atoms. The Morgan fingerprint density at radius 2 is 2.45 bits per heavy atom. The number of nitrogens with zero attached hydrogens (tertiary/aromatic N) is 2. The number of carboxylic acid groups (broad SMARTS) is 1. The minimum Gasteiger partial charge on any atom is -0.476 e. The molecule has 1 aromatic heterocycles. The number of aromatic nitrogens is 2. The Kier molecular flexibility index (Phi) is 1.86. The fraction of sp³-hybridized carbons (Fsp3) is 0. The molecular formula is C5H5N3O3. The lowest BCUT2D eigenvalue weighted by Gasteiger charge is -1.91. The van der Waals surface area contributed by atoms with Gasteiger partial charge in [0.1, 0.15) is 0 Å². The third-order valence-electron chi connectivity index (χ3n) is 1.06. The van der Waals surface area contributed by atoms with Gasteiger partial charge >= 0.3 is 5.97 Å². The SMILES string of the molecule is O=C(O)/C(=N\O)c1cnc[nH]1. The van der Waals surface area contributed by atoms with Gasteiger partial charge in [0, 0.05) is 0 Å². The summed E-state index contributed by atoms with van der Waals surface area (Å²) in [5.74, 6) is -1.31. The van der Waals surface area contributed by atoms with Gasteiger partial charge < -0.3 is 15.3 Å². The molecule has 6 nitrogen and oxygen atoms in total. The molecule has 0 aliphatic heterocycles. The highest BCUT2D eigenvalue weighted by Gasteiger charge is 2.13. The number of aromatic amines is 1. The van der Waals surface area contributed by atoms with Gasteiger partial charge in [0.05, 0.1) is 18.2 Å². The molecule has 0 unspecified atom stereocenters. The van der Waals surface area contributed by atoms with Gasteiger partial charge in [0.2, 0.25) is 5.71 Å². The molecule has 0 aliphatic rings. The van der Waals surface area contributed by atoms with Crippen molar-refractivity contribution in [1.82, 2.24) is 9.97 Å². The number of carbonyl (C=O) groups is 1. The summed E-state index contributed by atoms with van der Waals surface area (Å²) in [6.45, 7) is 0. The summed E-state index contributed by atoms with van der Waals surface area (Å²) in [5, 5.41) is 19.2. The summed E-state index contributed by atoms with van der Waals surface area (Å²) >= 11 is 0. The van der Waals surface area contributed by atoms with Crippen LogP contribution in [-0.4, -0.2) is 32.0 Å². The second-order valence-electron chi connectivity index (χ2n) is 1.72. The zero-order valence-electron chi connectivity index (χ0n) is 5.35. The Hall–Kier alpha value is -1.85. The molecule has 0 radical (unpaired) electrons. The van der Waals surface area contributed by atoms with Gasteiger partial charge in [0.25, 0.3) is 0 Å². The second-order valence-corrected chi connectivity index (χ2v) is 1.72. The zero-order chi connectivity index (χ0) is 8.27. The van der Waals surface area contributed by atoms with E-state index in [4.69, 9.17) is 10.3 Å². The van der Waals surface area contributed by atoms with Crippen molar-refractivity contribution in [2.24, 2.45) is 5.16 Å². The summed E-state index contributed by atoms with van der Waals surface area (Å²) in [5.41, 5.74) is -0.289. The van der Waals surface area contributed by atoms with Crippen molar-refractivity contribution in [2.45, 2.75) is 0 Å². The number of hydrogen-bond acceptors (Lipinski definition) is 4. The first-order valence-electron chi connectivity index (χ1n) is 2.70. The van der Waals surface area contributed by atoms with Gasteiger partial charge in [-0.1, -0.05) is 5.16 Å². The molecule has 11 heavy (non-hydrogen) atoms. The Bertz CT molecular complexity index is 277. The van der Waals surface area contributed by atoms with Gasteiger partial charge in [-0.2, -0.15) is 0 Å².